The Labute approximate surface area is 120 Å². The molecular formula is C14H25N5O. The minimum atomic E-state index is 0.507. The van der Waals surface area contributed by atoms with Gasteiger partial charge in [-0.2, -0.15) is 0 Å². The fourth-order valence-corrected chi connectivity index (χ4v) is 3.49. The van der Waals surface area contributed by atoms with Crippen LogP contribution in [-0.2, 0) is 17.8 Å². The third kappa shape index (κ3) is 3.02. The highest BCUT2D eigenvalue weighted by molar-refractivity contribution is 4.94. The van der Waals surface area contributed by atoms with E-state index >= 15 is 0 Å². The third-order valence-corrected chi connectivity index (χ3v) is 4.60. The van der Waals surface area contributed by atoms with Crippen LogP contribution in [0.5, 0.6) is 0 Å². The van der Waals surface area contributed by atoms with Gasteiger partial charge in [0, 0.05) is 25.2 Å². The predicted octanol–water partition coefficient (Wildman–Crippen LogP) is 0.545. The topological polar surface area (TPSA) is 64.0 Å². The molecule has 3 atom stereocenters. The fraction of sp³-hybridized carbons (Fsp3) is 0.857. The molecule has 6 nitrogen and oxygen atoms in total. The van der Waals surface area contributed by atoms with Crippen LogP contribution in [0.1, 0.15) is 32.0 Å². The largest absolute Gasteiger partial charge is 0.379 e. The van der Waals surface area contributed by atoms with E-state index in [1.807, 2.05) is 0 Å². The van der Waals surface area contributed by atoms with E-state index in [1.165, 1.54) is 19.3 Å². The molecule has 2 fully saturated rings. The molecular weight excluding hydrogens is 254 g/mol. The molecule has 6 heteroatoms. The van der Waals surface area contributed by atoms with E-state index in [2.05, 4.69) is 32.3 Å². The molecule has 20 heavy (non-hydrogen) atoms. The molecule has 0 radical (unpaired) electrons. The zero-order chi connectivity index (χ0) is 13.8. The Bertz CT molecular complexity index is 415. The second kappa shape index (κ2) is 6.65. The molecule has 1 aliphatic carbocycles. The SMILES string of the molecule is CCn1cnnc1CNC1CCCC1C1COCCN1. The average Bonchev–Trinajstić information content (AvgIpc) is 3.14. The standard InChI is InChI=1S/C14H25N5O/c1-2-19-10-17-18-14(19)8-16-12-5-3-4-11(12)13-9-20-7-6-15-13/h10-13,15-16H,2-9H2,1H3. The van der Waals surface area contributed by atoms with Gasteiger partial charge in [0.15, 0.2) is 0 Å². The monoisotopic (exact) mass is 279 g/mol. The number of aromatic nitrogens is 3. The average molecular weight is 279 g/mol. The van der Waals surface area contributed by atoms with Gasteiger partial charge in [-0.05, 0) is 25.7 Å². The summed E-state index contributed by atoms with van der Waals surface area (Å²) in [6, 6.07) is 1.07. The van der Waals surface area contributed by atoms with Gasteiger partial charge in [0.25, 0.3) is 0 Å². The molecule has 1 aromatic rings. The first-order chi connectivity index (χ1) is 9.88. The number of hydrogen-bond donors (Lipinski definition) is 2. The van der Waals surface area contributed by atoms with E-state index in [1.54, 1.807) is 6.33 Å². The molecule has 2 aliphatic rings. The zero-order valence-corrected chi connectivity index (χ0v) is 12.2. The van der Waals surface area contributed by atoms with Crippen LogP contribution in [0, 0.1) is 5.92 Å². The van der Waals surface area contributed by atoms with Crippen LogP contribution >= 0.6 is 0 Å². The smallest absolute Gasteiger partial charge is 0.146 e. The molecule has 2 N–H and O–H groups in total. The maximum atomic E-state index is 5.61. The van der Waals surface area contributed by atoms with Gasteiger partial charge in [-0.3, -0.25) is 0 Å². The summed E-state index contributed by atoms with van der Waals surface area (Å²) < 4.78 is 7.71. The number of nitrogens with zero attached hydrogens (tertiary/aromatic N) is 3. The molecule has 0 spiro atoms. The molecule has 0 amide bonds. The maximum Gasteiger partial charge on any atom is 0.146 e. The van der Waals surface area contributed by atoms with Gasteiger partial charge in [0.2, 0.25) is 0 Å². The van der Waals surface area contributed by atoms with Crippen molar-refractivity contribution in [1.29, 1.82) is 0 Å². The van der Waals surface area contributed by atoms with Gasteiger partial charge in [0.05, 0.1) is 19.8 Å². The Kier molecular flexibility index (Phi) is 4.65. The minimum absolute atomic E-state index is 0.507. The lowest BCUT2D eigenvalue weighted by atomic mass is 9.94. The highest BCUT2D eigenvalue weighted by Crippen LogP contribution is 2.29. The minimum Gasteiger partial charge on any atom is -0.379 e. The van der Waals surface area contributed by atoms with E-state index in [0.717, 1.165) is 38.7 Å². The van der Waals surface area contributed by atoms with Crippen molar-refractivity contribution in [3.63, 3.8) is 0 Å². The van der Waals surface area contributed by atoms with Gasteiger partial charge in [0.1, 0.15) is 12.2 Å². The molecule has 3 rings (SSSR count). The first-order valence-corrected chi connectivity index (χ1v) is 7.79. The van der Waals surface area contributed by atoms with Crippen LogP contribution in [0.2, 0.25) is 0 Å². The maximum absolute atomic E-state index is 5.61. The number of rotatable bonds is 5. The quantitative estimate of drug-likeness (QED) is 0.824. The molecule has 1 saturated heterocycles. The number of nitrogens with one attached hydrogen (secondary N) is 2. The molecule has 2 heterocycles. The van der Waals surface area contributed by atoms with Crippen LogP contribution in [-0.4, -0.2) is 46.6 Å². The van der Waals surface area contributed by atoms with E-state index in [0.29, 0.717) is 18.0 Å². The normalized spacial score (nSPS) is 30.8. The van der Waals surface area contributed by atoms with Gasteiger partial charge in [-0.1, -0.05) is 6.42 Å². The zero-order valence-electron chi connectivity index (χ0n) is 12.2. The molecule has 1 aliphatic heterocycles. The summed E-state index contributed by atoms with van der Waals surface area (Å²) in [4.78, 5) is 0. The van der Waals surface area contributed by atoms with Crippen molar-refractivity contribution in [3.8, 4) is 0 Å². The molecule has 0 aromatic carbocycles. The molecule has 3 unspecified atom stereocenters. The second-order valence-electron chi connectivity index (χ2n) is 5.75. The van der Waals surface area contributed by atoms with Crippen LogP contribution in [0.3, 0.4) is 0 Å². The Morgan fingerprint density at radius 1 is 1.50 bits per heavy atom. The van der Waals surface area contributed by atoms with E-state index < -0.39 is 0 Å². The predicted molar refractivity (Wildman–Crippen MR) is 76.3 cm³/mol. The summed E-state index contributed by atoms with van der Waals surface area (Å²) >= 11 is 0. The lowest BCUT2D eigenvalue weighted by Crippen LogP contribution is -2.50. The van der Waals surface area contributed by atoms with Crippen molar-refractivity contribution in [3.05, 3.63) is 12.2 Å². The van der Waals surface area contributed by atoms with Crippen LogP contribution in [0.15, 0.2) is 6.33 Å². The fourth-order valence-electron chi connectivity index (χ4n) is 3.49. The van der Waals surface area contributed by atoms with Crippen LogP contribution in [0.25, 0.3) is 0 Å². The summed E-state index contributed by atoms with van der Waals surface area (Å²) in [6.45, 7) is 6.54. The number of morpholine rings is 1. The summed E-state index contributed by atoms with van der Waals surface area (Å²) in [5.41, 5.74) is 0. The molecule has 1 saturated carbocycles. The van der Waals surface area contributed by atoms with Crippen molar-refractivity contribution in [1.82, 2.24) is 25.4 Å². The molecule has 1 aromatic heterocycles. The number of ether oxygens (including phenoxy) is 1. The summed E-state index contributed by atoms with van der Waals surface area (Å²) in [6.07, 6.45) is 5.66. The van der Waals surface area contributed by atoms with Crippen molar-refractivity contribution in [2.75, 3.05) is 19.8 Å². The lowest BCUT2D eigenvalue weighted by Gasteiger charge is -2.33. The lowest BCUT2D eigenvalue weighted by molar-refractivity contribution is 0.0523. The van der Waals surface area contributed by atoms with Gasteiger partial charge in [-0.25, -0.2) is 0 Å². The first-order valence-electron chi connectivity index (χ1n) is 7.79. The van der Waals surface area contributed by atoms with Crippen molar-refractivity contribution in [2.45, 2.75) is 51.4 Å². The van der Waals surface area contributed by atoms with Crippen molar-refractivity contribution in [2.24, 2.45) is 5.92 Å². The Balaban J connectivity index is 1.56. The summed E-state index contributed by atoms with van der Waals surface area (Å²) in [5, 5.41) is 15.5. The van der Waals surface area contributed by atoms with E-state index in [4.69, 9.17) is 4.74 Å². The second-order valence-corrected chi connectivity index (χ2v) is 5.75. The van der Waals surface area contributed by atoms with Crippen molar-refractivity contribution < 1.29 is 4.74 Å². The van der Waals surface area contributed by atoms with Crippen LogP contribution < -0.4 is 10.6 Å². The summed E-state index contributed by atoms with van der Waals surface area (Å²) in [5.74, 6) is 1.71. The Morgan fingerprint density at radius 3 is 3.25 bits per heavy atom. The Morgan fingerprint density at radius 2 is 2.45 bits per heavy atom. The van der Waals surface area contributed by atoms with Gasteiger partial charge >= 0.3 is 0 Å². The first kappa shape index (κ1) is 14.0. The van der Waals surface area contributed by atoms with E-state index in [-0.39, 0.29) is 0 Å². The molecule has 0 bridgehead atoms. The number of hydrogen-bond acceptors (Lipinski definition) is 5. The Hall–Kier alpha value is -0.980. The number of aryl methyl sites for hydroxylation is 1. The van der Waals surface area contributed by atoms with Gasteiger partial charge in [-0.15, -0.1) is 10.2 Å². The summed E-state index contributed by atoms with van der Waals surface area (Å²) in [7, 11) is 0. The van der Waals surface area contributed by atoms with E-state index in [9.17, 15) is 0 Å². The highest BCUT2D eigenvalue weighted by atomic mass is 16.5. The molecule has 112 valence electrons. The van der Waals surface area contributed by atoms with Gasteiger partial charge < -0.3 is 19.9 Å². The van der Waals surface area contributed by atoms with Crippen molar-refractivity contribution >= 4 is 0 Å². The third-order valence-electron chi connectivity index (χ3n) is 4.60. The van der Waals surface area contributed by atoms with Crippen LogP contribution in [0.4, 0.5) is 0 Å². The highest BCUT2D eigenvalue weighted by Gasteiger charge is 2.34.